The van der Waals surface area contributed by atoms with Crippen LogP contribution in [0.25, 0.3) is 0 Å². The molecule has 42 heavy (non-hydrogen) atoms. The van der Waals surface area contributed by atoms with Gasteiger partial charge in [0, 0.05) is 23.5 Å². The summed E-state index contributed by atoms with van der Waals surface area (Å²) < 4.78 is 68.4. The minimum atomic E-state index is -5.40. The second-order valence-corrected chi connectivity index (χ2v) is 10.7. The number of alkyl halides is 3. The molecule has 3 aromatic rings. The van der Waals surface area contributed by atoms with Crippen molar-refractivity contribution in [1.82, 2.24) is 9.88 Å². The quantitative estimate of drug-likeness (QED) is 0.374. The lowest BCUT2D eigenvalue weighted by Crippen LogP contribution is -2.57. The Hall–Kier alpha value is -4.39. The van der Waals surface area contributed by atoms with E-state index in [4.69, 9.17) is 0 Å². The maximum atomic E-state index is 13.9. The zero-order valence-electron chi connectivity index (χ0n) is 22.4. The van der Waals surface area contributed by atoms with Crippen molar-refractivity contribution in [3.8, 4) is 0 Å². The Balaban J connectivity index is 1.38. The summed E-state index contributed by atoms with van der Waals surface area (Å²) >= 11 is 0. The number of anilines is 2. The van der Waals surface area contributed by atoms with Crippen molar-refractivity contribution >= 4 is 29.2 Å². The van der Waals surface area contributed by atoms with Crippen LogP contribution in [0, 0.1) is 11.6 Å². The van der Waals surface area contributed by atoms with Crippen molar-refractivity contribution in [1.29, 1.82) is 0 Å². The Bertz CT molecular complexity index is 1590. The van der Waals surface area contributed by atoms with Gasteiger partial charge in [-0.3, -0.25) is 14.4 Å². The number of carbonyl (C=O) groups excluding carboxylic acids is 3. The van der Waals surface area contributed by atoms with Crippen molar-refractivity contribution in [2.24, 2.45) is 0 Å². The number of hydrogen-bond acceptors (Lipinski definition) is 5. The Morgan fingerprint density at radius 2 is 1.76 bits per heavy atom. The van der Waals surface area contributed by atoms with Crippen molar-refractivity contribution < 1.29 is 41.4 Å². The Labute approximate surface area is 236 Å². The average Bonchev–Trinajstić information content (AvgIpc) is 3.42. The Morgan fingerprint density at radius 3 is 2.43 bits per heavy atom. The minimum Gasteiger partial charge on any atom is -0.373 e. The van der Waals surface area contributed by atoms with E-state index in [1.54, 1.807) is 30.5 Å². The fraction of sp³-hybridized carbons (Fsp3) is 0.310. The number of nitrogens with one attached hydrogen (secondary N) is 2. The molecule has 0 saturated heterocycles. The first-order valence-corrected chi connectivity index (χ1v) is 12.9. The molecule has 1 aliphatic carbocycles. The zero-order chi connectivity index (χ0) is 30.6. The summed E-state index contributed by atoms with van der Waals surface area (Å²) in [6.45, 7) is 0.440. The highest BCUT2D eigenvalue weighted by atomic mass is 19.4. The molecule has 3 amide bonds. The van der Waals surface area contributed by atoms with Gasteiger partial charge in [-0.25, -0.2) is 13.8 Å². The number of aromatic nitrogens is 1. The van der Waals surface area contributed by atoms with Crippen molar-refractivity contribution in [2.45, 2.75) is 49.9 Å². The van der Waals surface area contributed by atoms with E-state index in [1.807, 2.05) is 6.07 Å². The lowest BCUT2D eigenvalue weighted by atomic mass is 9.79. The van der Waals surface area contributed by atoms with Crippen LogP contribution < -0.4 is 10.6 Å². The molecule has 8 nitrogen and oxygen atoms in total. The molecule has 1 aromatic heterocycles. The molecule has 0 fully saturated rings. The number of pyridine rings is 1. The van der Waals surface area contributed by atoms with Crippen molar-refractivity contribution in [3.63, 3.8) is 0 Å². The third-order valence-electron chi connectivity index (χ3n) is 7.84. The number of rotatable bonds is 6. The topological polar surface area (TPSA) is 112 Å². The smallest absolute Gasteiger partial charge is 0.373 e. The second kappa shape index (κ2) is 10.2. The Kier molecular flexibility index (Phi) is 7.04. The molecule has 3 N–H and O–H groups in total. The van der Waals surface area contributed by atoms with Gasteiger partial charge in [0.05, 0.1) is 11.5 Å². The van der Waals surface area contributed by atoms with Gasteiger partial charge in [0.15, 0.2) is 0 Å². The van der Waals surface area contributed by atoms with Crippen LogP contribution in [0.5, 0.6) is 0 Å². The number of hydrogen-bond donors (Lipinski definition) is 3. The first kappa shape index (κ1) is 29.1. The monoisotopic (exact) mass is 588 g/mol. The van der Waals surface area contributed by atoms with Gasteiger partial charge in [0.2, 0.25) is 17.4 Å². The summed E-state index contributed by atoms with van der Waals surface area (Å²) in [6, 6.07) is 9.20. The van der Waals surface area contributed by atoms with Crippen molar-refractivity contribution in [2.75, 3.05) is 17.2 Å². The van der Waals surface area contributed by atoms with Crippen LogP contribution in [0.1, 0.15) is 42.1 Å². The first-order valence-electron chi connectivity index (χ1n) is 12.9. The fourth-order valence-corrected chi connectivity index (χ4v) is 5.48. The summed E-state index contributed by atoms with van der Waals surface area (Å²) in [5, 5.41) is 15.4. The van der Waals surface area contributed by atoms with Crippen molar-refractivity contribution in [3.05, 3.63) is 88.6 Å². The van der Waals surface area contributed by atoms with Gasteiger partial charge >= 0.3 is 6.18 Å². The van der Waals surface area contributed by atoms with Crippen LogP contribution >= 0.6 is 0 Å². The van der Waals surface area contributed by atoms with E-state index in [0.717, 1.165) is 28.8 Å². The van der Waals surface area contributed by atoms with Crippen LogP contribution in [0.3, 0.4) is 0 Å². The number of nitrogens with zero attached hydrogens (tertiary/aromatic N) is 2. The van der Waals surface area contributed by atoms with Crippen LogP contribution in [-0.2, 0) is 32.6 Å². The molecule has 5 rings (SSSR count). The van der Waals surface area contributed by atoms with Gasteiger partial charge < -0.3 is 20.6 Å². The van der Waals surface area contributed by atoms with Crippen LogP contribution in [0.2, 0.25) is 0 Å². The average molecular weight is 589 g/mol. The highest BCUT2D eigenvalue weighted by Gasteiger charge is 2.58. The maximum Gasteiger partial charge on any atom is 0.426 e. The van der Waals surface area contributed by atoms with E-state index in [-0.39, 0.29) is 24.1 Å². The molecule has 1 aliphatic heterocycles. The molecular formula is C29H25F5N4O4. The molecule has 3 atom stereocenters. The number of halogens is 5. The molecule has 2 aliphatic rings. The van der Waals surface area contributed by atoms with E-state index in [0.29, 0.717) is 29.6 Å². The third-order valence-corrected chi connectivity index (χ3v) is 7.84. The summed E-state index contributed by atoms with van der Waals surface area (Å²) in [7, 11) is 0. The standard InChI is InChI=1S/C29H25F5N4O4/c1-15(17-8-19(30)11-20(31)9-17)38(26(41)27(2,42)29(32,33)34)14-23(39)36-21-6-5-16-12-28(13-18(16)10-21)22-4-3-7-35-24(22)37-25(28)40/h3-11,15,42H,12-14H2,1-2H3,(H,36,39)(H,35,37,40)/t15-,27+,28-/m1/s1. The first-order chi connectivity index (χ1) is 19.6. The number of aliphatic hydroxyl groups is 1. The van der Waals surface area contributed by atoms with Gasteiger partial charge in [0.1, 0.15) is 24.0 Å². The van der Waals surface area contributed by atoms with E-state index in [9.17, 15) is 41.4 Å². The Morgan fingerprint density at radius 1 is 1.10 bits per heavy atom. The number of benzene rings is 2. The lowest BCUT2D eigenvalue weighted by molar-refractivity contribution is -0.251. The largest absolute Gasteiger partial charge is 0.426 e. The molecule has 0 saturated carbocycles. The molecule has 0 bridgehead atoms. The van der Waals surface area contributed by atoms with E-state index in [1.165, 1.54) is 6.92 Å². The molecular weight excluding hydrogens is 563 g/mol. The molecule has 220 valence electrons. The SMILES string of the molecule is C[C@H](c1cc(F)cc(F)c1)N(CC(=O)Nc1ccc2c(c1)C[C@@]1(C2)C(=O)Nc2ncccc21)C(=O)[C@](C)(O)C(F)(F)F. The predicted molar refractivity (Wildman–Crippen MR) is 140 cm³/mol. The summed E-state index contributed by atoms with van der Waals surface area (Å²) in [5.41, 5.74) is -2.35. The van der Waals surface area contributed by atoms with Crippen LogP contribution in [0.4, 0.5) is 33.5 Å². The van der Waals surface area contributed by atoms with Crippen LogP contribution in [-0.4, -0.2) is 51.0 Å². The van der Waals surface area contributed by atoms with Gasteiger partial charge in [-0.15, -0.1) is 0 Å². The van der Waals surface area contributed by atoms with E-state index < -0.39 is 53.2 Å². The summed E-state index contributed by atoms with van der Waals surface area (Å²) in [5.74, 6) is -4.60. The minimum absolute atomic E-state index is 0.202. The van der Waals surface area contributed by atoms with Gasteiger partial charge in [-0.2, -0.15) is 13.2 Å². The van der Waals surface area contributed by atoms with Gasteiger partial charge in [0.25, 0.3) is 5.91 Å². The lowest BCUT2D eigenvalue weighted by Gasteiger charge is -2.35. The second-order valence-electron chi connectivity index (χ2n) is 10.7. The molecule has 0 radical (unpaired) electrons. The maximum absolute atomic E-state index is 13.9. The third kappa shape index (κ3) is 4.97. The number of fused-ring (bicyclic) bond motifs is 3. The summed E-state index contributed by atoms with van der Waals surface area (Å²) in [4.78, 5) is 43.6. The predicted octanol–water partition coefficient (Wildman–Crippen LogP) is 4.19. The summed E-state index contributed by atoms with van der Waals surface area (Å²) in [6.07, 6.45) is -3.11. The molecule has 2 aromatic carbocycles. The normalized spacial score (nSPS) is 19.5. The molecule has 0 unspecified atom stereocenters. The number of carbonyl (C=O) groups is 3. The van der Waals surface area contributed by atoms with Gasteiger partial charge in [-0.05, 0) is 73.7 Å². The molecule has 2 heterocycles. The van der Waals surface area contributed by atoms with Gasteiger partial charge in [-0.1, -0.05) is 12.1 Å². The fourth-order valence-electron chi connectivity index (χ4n) is 5.48. The van der Waals surface area contributed by atoms with Crippen LogP contribution in [0.15, 0.2) is 54.7 Å². The molecule has 1 spiro atoms. The number of amides is 3. The highest BCUT2D eigenvalue weighted by Crippen LogP contribution is 2.47. The van der Waals surface area contributed by atoms with E-state index >= 15 is 0 Å². The highest BCUT2D eigenvalue weighted by molar-refractivity contribution is 6.06. The zero-order valence-corrected chi connectivity index (χ0v) is 22.4. The van der Waals surface area contributed by atoms with E-state index in [2.05, 4.69) is 15.6 Å². The molecule has 13 heteroatoms.